The Kier molecular flexibility index (Phi) is 8.36. The van der Waals surface area contributed by atoms with Gasteiger partial charge in [-0.15, -0.1) is 0 Å². The van der Waals surface area contributed by atoms with E-state index in [0.29, 0.717) is 39.1 Å². The molecule has 7 aromatic rings. The number of hydrogen-bond donors (Lipinski definition) is 2. The van der Waals surface area contributed by atoms with Crippen LogP contribution in [0.5, 0.6) is 0 Å². The third kappa shape index (κ3) is 6.05. The van der Waals surface area contributed by atoms with E-state index in [2.05, 4.69) is 9.97 Å². The molecule has 0 unspecified atom stereocenters. The Bertz CT molecular complexity index is 2810. The van der Waals surface area contributed by atoms with Crippen molar-refractivity contribution in [2.45, 2.75) is 11.3 Å². The lowest BCUT2D eigenvalue weighted by Gasteiger charge is -2.23. The van der Waals surface area contributed by atoms with E-state index in [9.17, 15) is 8.78 Å². The topological polar surface area (TPSA) is 57.4 Å². The molecule has 0 spiro atoms. The Hall–Kier alpha value is -6.51. The van der Waals surface area contributed by atoms with Crippen molar-refractivity contribution in [1.82, 2.24) is 19.9 Å². The fourth-order valence-corrected chi connectivity index (χ4v) is 7.41. The Morgan fingerprint density at radius 1 is 0.418 bits per heavy atom. The summed E-state index contributed by atoms with van der Waals surface area (Å²) in [5.41, 5.74) is 7.41. The van der Waals surface area contributed by atoms with Gasteiger partial charge in [-0.25, -0.2) is 9.97 Å². The van der Waals surface area contributed by atoms with Crippen LogP contribution >= 0.6 is 11.6 Å². The van der Waals surface area contributed by atoms with Crippen molar-refractivity contribution in [2.24, 2.45) is 0 Å². The third-order valence-corrected chi connectivity index (χ3v) is 10.0. The first kappa shape index (κ1) is 34.3. The van der Waals surface area contributed by atoms with E-state index in [0.717, 1.165) is 39.4 Å². The first-order chi connectivity index (χ1) is 26.7. The lowest BCUT2D eigenvalue weighted by molar-refractivity contribution is -0.114. The standard InChI is InChI=1S/C46H29ClF4N4/c47-46(50,51)45(48,49)32-27-39-42(30-17-9-3-10-18-30)37-24-23-35(53-37)40(28-13-5-1-6-14-28)33-21-22-34(52-33)41(29-15-7-2-8-16-29)36-25-26-38(54-36)43(44(32)55-39)31-19-11-4-12-20-31/h1-27,52,54H. The maximum Gasteiger partial charge on any atom is 0.388 e. The molecular weight excluding hydrogens is 720 g/mol. The number of nitrogens with zero attached hydrogens (tertiary/aromatic N) is 2. The zero-order valence-corrected chi connectivity index (χ0v) is 29.6. The largest absolute Gasteiger partial charge is 0.388 e. The molecule has 9 heteroatoms. The minimum absolute atomic E-state index is 0.0358. The van der Waals surface area contributed by atoms with Crippen LogP contribution in [0.4, 0.5) is 17.6 Å². The van der Waals surface area contributed by atoms with Crippen LogP contribution in [0.3, 0.4) is 0 Å². The van der Waals surface area contributed by atoms with Crippen molar-refractivity contribution in [3.8, 4) is 44.5 Å². The normalized spacial score (nSPS) is 12.9. The van der Waals surface area contributed by atoms with Crippen molar-refractivity contribution in [3.05, 3.63) is 168 Å². The summed E-state index contributed by atoms with van der Waals surface area (Å²) < 4.78 is 62.2. The van der Waals surface area contributed by atoms with Gasteiger partial charge < -0.3 is 9.97 Å². The summed E-state index contributed by atoms with van der Waals surface area (Å²) in [5, 5.41) is -4.94. The van der Waals surface area contributed by atoms with Gasteiger partial charge in [0.15, 0.2) is 0 Å². The number of allylic oxidation sites excluding steroid dienone is 1. The number of aromatic amines is 2. The molecule has 55 heavy (non-hydrogen) atoms. The number of rotatable bonds is 6. The molecule has 2 N–H and O–H groups in total. The Morgan fingerprint density at radius 3 is 1.27 bits per heavy atom. The number of H-pyrrole nitrogens is 2. The molecule has 2 aliphatic heterocycles. The number of benzene rings is 4. The first-order valence-corrected chi connectivity index (χ1v) is 17.9. The molecule has 3 aromatic heterocycles. The fourth-order valence-electron chi connectivity index (χ4n) is 7.31. The zero-order valence-electron chi connectivity index (χ0n) is 28.9. The molecule has 0 fully saturated rings. The summed E-state index contributed by atoms with van der Waals surface area (Å²) >= 11 is 5.25. The molecule has 2 aliphatic rings. The van der Waals surface area contributed by atoms with Gasteiger partial charge in [-0.3, -0.25) is 0 Å². The number of aromatic nitrogens is 4. The van der Waals surface area contributed by atoms with Crippen LogP contribution < -0.4 is 0 Å². The Morgan fingerprint density at radius 2 is 0.800 bits per heavy atom. The highest BCUT2D eigenvalue weighted by Crippen LogP contribution is 2.51. The lowest BCUT2D eigenvalue weighted by atomic mass is 9.96. The second kappa shape index (κ2) is 13.4. The number of nitrogens with one attached hydrogen (secondary N) is 2. The van der Waals surface area contributed by atoms with E-state index in [1.165, 1.54) is 0 Å². The maximum atomic E-state index is 16.2. The van der Waals surface area contributed by atoms with Gasteiger partial charge >= 0.3 is 11.3 Å². The molecule has 0 saturated carbocycles. The number of alkyl halides is 5. The maximum absolute atomic E-state index is 16.2. The van der Waals surface area contributed by atoms with Crippen molar-refractivity contribution < 1.29 is 17.6 Å². The van der Waals surface area contributed by atoms with Crippen LogP contribution in [-0.4, -0.2) is 31.2 Å². The fraction of sp³-hybridized carbons (Fsp3) is 0.0435. The molecule has 0 atom stereocenters. The van der Waals surface area contributed by atoms with Crippen molar-refractivity contribution in [2.75, 3.05) is 0 Å². The molecule has 0 amide bonds. The van der Waals surface area contributed by atoms with E-state index in [1.54, 1.807) is 42.5 Å². The monoisotopic (exact) mass is 748 g/mol. The van der Waals surface area contributed by atoms with Crippen molar-refractivity contribution >= 4 is 57.5 Å². The molecule has 0 aliphatic carbocycles. The quantitative estimate of drug-likeness (QED) is 0.131. The number of fused-ring (bicyclic) bond motifs is 8. The summed E-state index contributed by atoms with van der Waals surface area (Å²) in [4.78, 5) is 17.1. The highest BCUT2D eigenvalue weighted by molar-refractivity contribution is 6.23. The molecular formula is C46H29ClF4N4. The van der Waals surface area contributed by atoms with Gasteiger partial charge in [0.2, 0.25) is 0 Å². The molecule has 4 aromatic carbocycles. The van der Waals surface area contributed by atoms with Crippen LogP contribution in [0.1, 0.15) is 22.8 Å². The average molecular weight is 749 g/mol. The third-order valence-electron chi connectivity index (χ3n) is 9.81. The Labute approximate surface area is 318 Å². The summed E-state index contributed by atoms with van der Waals surface area (Å²) in [6, 6.07) is 45.0. The number of halogens is 5. The second-order valence-corrected chi connectivity index (χ2v) is 13.7. The lowest BCUT2D eigenvalue weighted by Crippen LogP contribution is -2.36. The molecule has 0 radical (unpaired) electrons. The van der Waals surface area contributed by atoms with E-state index >= 15 is 8.78 Å². The van der Waals surface area contributed by atoms with Crippen LogP contribution in [0.15, 0.2) is 146 Å². The molecule has 4 nitrogen and oxygen atoms in total. The zero-order chi connectivity index (χ0) is 37.7. The van der Waals surface area contributed by atoms with Gasteiger partial charge in [0.05, 0.1) is 28.3 Å². The molecule has 0 saturated heterocycles. The van der Waals surface area contributed by atoms with Crippen molar-refractivity contribution in [3.63, 3.8) is 0 Å². The van der Waals surface area contributed by atoms with Crippen LogP contribution in [0.25, 0.3) is 90.4 Å². The molecule has 9 rings (SSSR count). The van der Waals surface area contributed by atoms with Gasteiger partial charge in [0.25, 0.3) is 0 Å². The smallest absolute Gasteiger partial charge is 0.354 e. The van der Waals surface area contributed by atoms with Crippen LogP contribution in [-0.2, 0) is 0 Å². The summed E-state index contributed by atoms with van der Waals surface area (Å²) in [6.45, 7) is 0. The van der Waals surface area contributed by atoms with Gasteiger partial charge in [0, 0.05) is 44.3 Å². The molecule has 268 valence electrons. The minimum atomic E-state index is -4.94. The predicted octanol–water partition coefficient (Wildman–Crippen LogP) is 13.2. The second-order valence-electron chi connectivity index (χ2n) is 13.2. The summed E-state index contributed by atoms with van der Waals surface area (Å²) in [5.74, 6) is -4.82. The van der Waals surface area contributed by atoms with E-state index < -0.39 is 16.9 Å². The summed E-state index contributed by atoms with van der Waals surface area (Å²) in [7, 11) is 0. The van der Waals surface area contributed by atoms with Crippen molar-refractivity contribution in [1.29, 1.82) is 0 Å². The van der Waals surface area contributed by atoms with Crippen LogP contribution in [0.2, 0.25) is 0 Å². The van der Waals surface area contributed by atoms with E-state index in [4.69, 9.17) is 21.6 Å². The number of hydrogen-bond acceptors (Lipinski definition) is 2. The SMILES string of the molecule is FC(F)(Cl)C(F)(F)C1=Cc2nc1c(-c1ccccc1)c1ccc([nH]1)c(-c1ccccc1)c1ccc([nH]1)c(-c1ccccc1)c1nc(c2-c2ccccc2)C=C1. The van der Waals surface area contributed by atoms with Gasteiger partial charge in [-0.05, 0) is 76.3 Å². The van der Waals surface area contributed by atoms with Crippen LogP contribution in [0, 0.1) is 0 Å². The highest BCUT2D eigenvalue weighted by Gasteiger charge is 2.59. The van der Waals surface area contributed by atoms with E-state index in [-0.39, 0.29) is 17.0 Å². The average Bonchev–Trinajstić information content (AvgIpc) is 4.03. The first-order valence-electron chi connectivity index (χ1n) is 17.5. The predicted molar refractivity (Wildman–Crippen MR) is 215 cm³/mol. The van der Waals surface area contributed by atoms with Gasteiger partial charge in [-0.1, -0.05) is 121 Å². The Balaban J connectivity index is 1.53. The van der Waals surface area contributed by atoms with E-state index in [1.807, 2.05) is 115 Å². The van der Waals surface area contributed by atoms with Gasteiger partial charge in [-0.2, -0.15) is 17.6 Å². The minimum Gasteiger partial charge on any atom is -0.354 e. The highest BCUT2D eigenvalue weighted by atomic mass is 35.5. The summed E-state index contributed by atoms with van der Waals surface area (Å²) in [6.07, 6.45) is 4.68. The molecule has 8 bridgehead atoms. The molecule has 5 heterocycles. The van der Waals surface area contributed by atoms with Gasteiger partial charge in [0.1, 0.15) is 0 Å².